The molecule has 0 spiro atoms. The summed E-state index contributed by atoms with van der Waals surface area (Å²) in [7, 11) is -3.59. The minimum atomic E-state index is -3.59. The lowest BCUT2D eigenvalue weighted by atomic mass is 9.88. The van der Waals surface area contributed by atoms with Gasteiger partial charge in [0.1, 0.15) is 0 Å². The Kier molecular flexibility index (Phi) is 6.43. The first-order valence-corrected chi connectivity index (χ1v) is 12.6. The highest BCUT2D eigenvalue weighted by atomic mass is 32.2. The van der Waals surface area contributed by atoms with Gasteiger partial charge in [0.05, 0.1) is 4.90 Å². The topological polar surface area (TPSA) is 95.6 Å². The summed E-state index contributed by atoms with van der Waals surface area (Å²) in [6.45, 7) is 1.12. The van der Waals surface area contributed by atoms with Crippen LogP contribution in [0.3, 0.4) is 0 Å². The summed E-state index contributed by atoms with van der Waals surface area (Å²) in [6, 6.07) is 6.40. The second-order valence-corrected chi connectivity index (χ2v) is 10.5. The van der Waals surface area contributed by atoms with Crippen LogP contribution in [0, 0.1) is 5.92 Å². The Balaban J connectivity index is 1.32. The van der Waals surface area contributed by atoms with Crippen molar-refractivity contribution in [2.45, 2.75) is 74.8 Å². The smallest absolute Gasteiger partial charge is 0.253 e. The fourth-order valence-electron chi connectivity index (χ4n) is 4.38. The molecule has 8 heteroatoms. The molecule has 0 atom stereocenters. The van der Waals surface area contributed by atoms with E-state index in [-0.39, 0.29) is 34.7 Å². The van der Waals surface area contributed by atoms with Crippen LogP contribution < -0.4 is 10.0 Å². The van der Waals surface area contributed by atoms with Crippen LogP contribution >= 0.6 is 0 Å². The predicted molar refractivity (Wildman–Crippen MR) is 113 cm³/mol. The van der Waals surface area contributed by atoms with Gasteiger partial charge in [0, 0.05) is 36.7 Å². The molecule has 30 heavy (non-hydrogen) atoms. The van der Waals surface area contributed by atoms with Crippen molar-refractivity contribution in [3.8, 4) is 0 Å². The van der Waals surface area contributed by atoms with Gasteiger partial charge in [-0.1, -0.05) is 25.3 Å². The molecule has 0 aromatic heterocycles. The predicted octanol–water partition coefficient (Wildman–Crippen LogP) is 2.43. The van der Waals surface area contributed by atoms with Crippen molar-refractivity contribution < 1.29 is 18.0 Å². The van der Waals surface area contributed by atoms with Gasteiger partial charge in [0.15, 0.2) is 0 Å². The van der Waals surface area contributed by atoms with Gasteiger partial charge in [-0.15, -0.1) is 0 Å². The Morgan fingerprint density at radius 1 is 0.900 bits per heavy atom. The molecule has 1 aromatic carbocycles. The number of likely N-dealkylation sites (tertiary alicyclic amines) is 1. The van der Waals surface area contributed by atoms with Crippen molar-refractivity contribution in [2.24, 2.45) is 5.92 Å². The summed E-state index contributed by atoms with van der Waals surface area (Å²) in [5.41, 5.74) is 0.387. The fraction of sp³-hybridized carbons (Fsp3) is 0.636. The number of carbonyl (C=O) groups is 2. The minimum absolute atomic E-state index is 0.0252. The van der Waals surface area contributed by atoms with Crippen LogP contribution in [0.2, 0.25) is 0 Å². The monoisotopic (exact) mass is 433 g/mol. The molecule has 0 unspecified atom stereocenters. The lowest BCUT2D eigenvalue weighted by molar-refractivity contribution is -0.126. The third kappa shape index (κ3) is 5.21. The first kappa shape index (κ1) is 21.3. The van der Waals surface area contributed by atoms with E-state index in [2.05, 4.69) is 10.0 Å². The molecule has 2 N–H and O–H groups in total. The van der Waals surface area contributed by atoms with Crippen LogP contribution in [-0.2, 0) is 14.8 Å². The Morgan fingerprint density at radius 3 is 2.27 bits per heavy atom. The molecule has 164 valence electrons. The van der Waals surface area contributed by atoms with Crippen LogP contribution in [0.15, 0.2) is 29.2 Å². The maximum atomic E-state index is 12.9. The average Bonchev–Trinajstić information content (AvgIpc) is 3.58. The molecule has 4 rings (SSSR count). The molecule has 0 radical (unpaired) electrons. The minimum Gasteiger partial charge on any atom is -0.353 e. The standard InChI is InChI=1S/C22H31N3O4S/c26-21(16-5-2-1-3-6-16)23-18-11-13-25(14-12-18)22(27)17-7-4-8-20(15-17)30(28,29)24-19-9-10-19/h4,7-8,15-16,18-19,24H,1-3,5-6,9-14H2,(H,23,26). The summed E-state index contributed by atoms with van der Waals surface area (Å²) in [5, 5.41) is 3.18. The molecule has 3 aliphatic rings. The number of sulfonamides is 1. The van der Waals surface area contributed by atoms with E-state index >= 15 is 0 Å². The summed E-state index contributed by atoms with van der Waals surface area (Å²) >= 11 is 0. The van der Waals surface area contributed by atoms with E-state index < -0.39 is 10.0 Å². The highest BCUT2D eigenvalue weighted by molar-refractivity contribution is 7.89. The van der Waals surface area contributed by atoms with Gasteiger partial charge in [0.2, 0.25) is 15.9 Å². The lowest BCUT2D eigenvalue weighted by Gasteiger charge is -2.33. The van der Waals surface area contributed by atoms with E-state index in [0.717, 1.165) is 51.4 Å². The summed E-state index contributed by atoms with van der Waals surface area (Å²) in [6.07, 6.45) is 8.65. The summed E-state index contributed by atoms with van der Waals surface area (Å²) in [4.78, 5) is 27.3. The highest BCUT2D eigenvalue weighted by Gasteiger charge is 2.30. The third-order valence-electron chi connectivity index (χ3n) is 6.39. The first-order chi connectivity index (χ1) is 14.4. The van der Waals surface area contributed by atoms with Crippen molar-refractivity contribution in [1.82, 2.24) is 14.9 Å². The quantitative estimate of drug-likeness (QED) is 0.720. The van der Waals surface area contributed by atoms with Gasteiger partial charge in [-0.2, -0.15) is 0 Å². The van der Waals surface area contributed by atoms with E-state index in [9.17, 15) is 18.0 Å². The SMILES string of the molecule is O=C(NC1CCN(C(=O)c2cccc(S(=O)(=O)NC3CC3)c2)CC1)C1CCCCC1. The van der Waals surface area contributed by atoms with Gasteiger partial charge in [-0.25, -0.2) is 13.1 Å². The molecular weight excluding hydrogens is 402 g/mol. The van der Waals surface area contributed by atoms with Crippen LogP contribution in [-0.4, -0.2) is 50.3 Å². The van der Waals surface area contributed by atoms with E-state index in [0.29, 0.717) is 18.7 Å². The molecule has 2 saturated carbocycles. The van der Waals surface area contributed by atoms with Crippen molar-refractivity contribution in [2.75, 3.05) is 13.1 Å². The first-order valence-electron chi connectivity index (χ1n) is 11.1. The van der Waals surface area contributed by atoms with Gasteiger partial charge in [-0.3, -0.25) is 9.59 Å². The van der Waals surface area contributed by atoms with Gasteiger partial charge >= 0.3 is 0 Å². The van der Waals surface area contributed by atoms with Crippen LogP contribution in [0.1, 0.15) is 68.1 Å². The van der Waals surface area contributed by atoms with Gasteiger partial charge in [0.25, 0.3) is 5.91 Å². The molecule has 3 fully saturated rings. The molecule has 0 bridgehead atoms. The number of amides is 2. The van der Waals surface area contributed by atoms with Crippen molar-refractivity contribution in [1.29, 1.82) is 0 Å². The summed E-state index contributed by atoms with van der Waals surface area (Å²) < 4.78 is 27.5. The molecule has 2 aliphatic carbocycles. The molecule has 1 saturated heterocycles. The zero-order chi connectivity index (χ0) is 21.1. The molecule has 1 heterocycles. The zero-order valence-electron chi connectivity index (χ0n) is 17.3. The number of rotatable bonds is 6. The van der Waals surface area contributed by atoms with E-state index in [1.165, 1.54) is 18.6 Å². The van der Waals surface area contributed by atoms with Crippen LogP contribution in [0.25, 0.3) is 0 Å². The number of benzene rings is 1. The largest absolute Gasteiger partial charge is 0.353 e. The second kappa shape index (κ2) is 9.06. The average molecular weight is 434 g/mol. The Hall–Kier alpha value is -1.93. The normalized spacial score (nSPS) is 21.4. The van der Waals surface area contributed by atoms with Crippen molar-refractivity contribution in [3.05, 3.63) is 29.8 Å². The molecule has 7 nitrogen and oxygen atoms in total. The molecule has 1 aliphatic heterocycles. The second-order valence-electron chi connectivity index (χ2n) is 8.83. The fourth-order valence-corrected chi connectivity index (χ4v) is 5.73. The highest BCUT2D eigenvalue weighted by Crippen LogP contribution is 2.25. The van der Waals surface area contributed by atoms with Crippen LogP contribution in [0.5, 0.6) is 0 Å². The number of nitrogens with zero attached hydrogens (tertiary/aromatic N) is 1. The lowest BCUT2D eigenvalue weighted by Crippen LogP contribution is -2.48. The Morgan fingerprint density at radius 2 is 1.60 bits per heavy atom. The Labute approximate surface area is 178 Å². The number of nitrogens with one attached hydrogen (secondary N) is 2. The van der Waals surface area contributed by atoms with Crippen molar-refractivity contribution in [3.63, 3.8) is 0 Å². The number of hydrogen-bond acceptors (Lipinski definition) is 4. The van der Waals surface area contributed by atoms with E-state index in [1.54, 1.807) is 17.0 Å². The van der Waals surface area contributed by atoms with Crippen molar-refractivity contribution >= 4 is 21.8 Å². The number of piperidine rings is 1. The number of carbonyl (C=O) groups excluding carboxylic acids is 2. The third-order valence-corrected chi connectivity index (χ3v) is 7.91. The van der Waals surface area contributed by atoms with E-state index in [1.807, 2.05) is 0 Å². The molecule has 1 aromatic rings. The zero-order valence-corrected chi connectivity index (χ0v) is 18.1. The summed E-state index contributed by atoms with van der Waals surface area (Å²) in [5.74, 6) is 0.156. The van der Waals surface area contributed by atoms with Gasteiger partial charge in [-0.05, 0) is 56.7 Å². The Bertz CT molecular complexity index is 883. The maximum Gasteiger partial charge on any atom is 0.253 e. The maximum absolute atomic E-state index is 12.9. The van der Waals surface area contributed by atoms with E-state index in [4.69, 9.17) is 0 Å². The number of hydrogen-bond donors (Lipinski definition) is 2. The van der Waals surface area contributed by atoms with Gasteiger partial charge < -0.3 is 10.2 Å². The molecule has 2 amide bonds. The van der Waals surface area contributed by atoms with Crippen LogP contribution in [0.4, 0.5) is 0 Å². The molecular formula is C22H31N3O4S.